The second-order valence-electron chi connectivity index (χ2n) is 9.13. The van der Waals surface area contributed by atoms with Gasteiger partial charge in [-0.2, -0.15) is 13.2 Å². The Labute approximate surface area is 205 Å². The molecular formula is C25H25ClF4N2O3. The molecule has 2 heterocycles. The fraction of sp³-hybridized carbons (Fsp3) is 0.440. The highest BCUT2D eigenvalue weighted by atomic mass is 35.5. The Balaban J connectivity index is 1.62. The third-order valence-corrected chi connectivity index (χ3v) is 7.58. The molecule has 2 amide bonds. The van der Waals surface area contributed by atoms with Crippen LogP contribution in [0.3, 0.4) is 0 Å². The Morgan fingerprint density at radius 1 is 1.09 bits per heavy atom. The van der Waals surface area contributed by atoms with Gasteiger partial charge in [-0.3, -0.25) is 9.59 Å². The van der Waals surface area contributed by atoms with Crippen LogP contribution in [-0.4, -0.2) is 49.6 Å². The van der Waals surface area contributed by atoms with Crippen molar-refractivity contribution < 1.29 is 31.9 Å². The number of rotatable bonds is 4. The largest absolute Gasteiger partial charge is 0.430 e. The smallest absolute Gasteiger partial charge is 0.356 e. The lowest BCUT2D eigenvalue weighted by Gasteiger charge is -2.50. The highest BCUT2D eigenvalue weighted by Crippen LogP contribution is 2.50. The van der Waals surface area contributed by atoms with Gasteiger partial charge in [-0.15, -0.1) is 0 Å². The Morgan fingerprint density at radius 2 is 1.69 bits per heavy atom. The van der Waals surface area contributed by atoms with Crippen molar-refractivity contribution in [3.8, 4) is 0 Å². The van der Waals surface area contributed by atoms with Crippen molar-refractivity contribution in [1.82, 2.24) is 10.2 Å². The van der Waals surface area contributed by atoms with Gasteiger partial charge in [0.2, 0.25) is 5.91 Å². The molecule has 10 heteroatoms. The molecule has 188 valence electrons. The lowest BCUT2D eigenvalue weighted by molar-refractivity contribution is -0.271. The summed E-state index contributed by atoms with van der Waals surface area (Å²) in [6, 6.07) is 10.9. The molecule has 2 saturated heterocycles. The van der Waals surface area contributed by atoms with Crippen LogP contribution >= 0.6 is 11.6 Å². The molecule has 2 aromatic carbocycles. The maximum absolute atomic E-state index is 14.4. The van der Waals surface area contributed by atoms with Crippen molar-refractivity contribution in [1.29, 1.82) is 0 Å². The number of hydrogen-bond donors (Lipinski definition) is 1. The first-order valence-corrected chi connectivity index (χ1v) is 11.6. The zero-order valence-corrected chi connectivity index (χ0v) is 19.8. The summed E-state index contributed by atoms with van der Waals surface area (Å²) in [7, 11) is 0.863. The van der Waals surface area contributed by atoms with Crippen molar-refractivity contribution in [3.05, 3.63) is 70.5 Å². The minimum atomic E-state index is -5.02. The average Bonchev–Trinajstić information content (AvgIpc) is 2.81. The fourth-order valence-electron chi connectivity index (χ4n) is 5.42. The van der Waals surface area contributed by atoms with Gasteiger partial charge in [-0.25, -0.2) is 4.39 Å². The molecule has 2 aromatic rings. The lowest BCUT2D eigenvalue weighted by atomic mass is 9.62. The molecule has 0 aromatic heterocycles. The predicted octanol–water partition coefficient (Wildman–Crippen LogP) is 4.80. The zero-order chi connectivity index (χ0) is 25.4. The van der Waals surface area contributed by atoms with Crippen molar-refractivity contribution in [2.75, 3.05) is 26.7 Å². The van der Waals surface area contributed by atoms with E-state index in [-0.39, 0.29) is 47.7 Å². The molecule has 2 aliphatic rings. The van der Waals surface area contributed by atoms with Gasteiger partial charge in [-0.1, -0.05) is 35.9 Å². The summed E-state index contributed by atoms with van der Waals surface area (Å²) in [4.78, 5) is 26.9. The Morgan fingerprint density at radius 3 is 2.23 bits per heavy atom. The van der Waals surface area contributed by atoms with Crippen molar-refractivity contribution in [2.45, 2.75) is 37.0 Å². The summed E-state index contributed by atoms with van der Waals surface area (Å²) < 4.78 is 61.6. The summed E-state index contributed by atoms with van der Waals surface area (Å²) in [6.07, 6.45) is -4.19. The number of methoxy groups -OCH3 is 1. The van der Waals surface area contributed by atoms with Crippen LogP contribution in [0.25, 0.3) is 0 Å². The van der Waals surface area contributed by atoms with Crippen LogP contribution in [0.15, 0.2) is 48.5 Å². The normalized spacial score (nSPS) is 21.9. The summed E-state index contributed by atoms with van der Waals surface area (Å²) >= 11 is 5.84. The predicted molar refractivity (Wildman–Crippen MR) is 121 cm³/mol. The van der Waals surface area contributed by atoms with Crippen LogP contribution in [0.5, 0.6) is 0 Å². The number of alkyl halides is 3. The summed E-state index contributed by atoms with van der Waals surface area (Å²) in [5.74, 6) is -1.88. The van der Waals surface area contributed by atoms with E-state index in [0.29, 0.717) is 19.4 Å². The monoisotopic (exact) mass is 512 g/mol. The van der Waals surface area contributed by atoms with Gasteiger partial charge >= 0.3 is 6.18 Å². The van der Waals surface area contributed by atoms with Gasteiger partial charge in [0.15, 0.2) is 0 Å². The molecule has 0 saturated carbocycles. The number of nitrogens with zero attached hydrogens (tertiary/aromatic N) is 1. The number of carbonyl (C=O) groups is 2. The van der Waals surface area contributed by atoms with Gasteiger partial charge in [0, 0.05) is 49.7 Å². The number of ether oxygens (including phenoxy) is 1. The molecule has 1 unspecified atom stereocenters. The summed E-state index contributed by atoms with van der Waals surface area (Å²) in [6.45, 7) is 0.394. The van der Waals surface area contributed by atoms with Gasteiger partial charge in [0.25, 0.3) is 11.5 Å². The maximum atomic E-state index is 14.4. The summed E-state index contributed by atoms with van der Waals surface area (Å²) in [5.41, 5.74) is -3.24. The van der Waals surface area contributed by atoms with E-state index in [1.807, 2.05) is 0 Å². The third-order valence-electron chi connectivity index (χ3n) is 7.33. The molecule has 2 fully saturated rings. The van der Waals surface area contributed by atoms with E-state index in [9.17, 15) is 27.2 Å². The minimum absolute atomic E-state index is 0.0264. The number of carbonyl (C=O) groups excluding carboxylic acids is 2. The number of piperidine rings is 2. The van der Waals surface area contributed by atoms with E-state index in [4.69, 9.17) is 16.3 Å². The Hall–Kier alpha value is -2.65. The second kappa shape index (κ2) is 9.43. The van der Waals surface area contributed by atoms with Gasteiger partial charge in [0.1, 0.15) is 5.82 Å². The van der Waals surface area contributed by atoms with Crippen LogP contribution in [0.4, 0.5) is 17.6 Å². The van der Waals surface area contributed by atoms with E-state index in [1.165, 1.54) is 24.3 Å². The fourth-order valence-corrected chi connectivity index (χ4v) is 5.55. The summed E-state index contributed by atoms with van der Waals surface area (Å²) in [5, 5.41) is 3.07. The van der Waals surface area contributed by atoms with E-state index < -0.39 is 23.1 Å². The van der Waals surface area contributed by atoms with E-state index in [0.717, 1.165) is 29.7 Å². The first kappa shape index (κ1) is 25.4. The van der Waals surface area contributed by atoms with E-state index in [1.54, 1.807) is 12.1 Å². The molecule has 5 nitrogen and oxygen atoms in total. The molecular weight excluding hydrogens is 488 g/mol. The minimum Gasteiger partial charge on any atom is -0.356 e. The second-order valence-corrected chi connectivity index (χ2v) is 9.57. The van der Waals surface area contributed by atoms with E-state index >= 15 is 0 Å². The standard InChI is InChI=1S/C25H25ClF4N2O3/c1-35-24(25(28,29)30,17-4-6-18(26)7-5-17)22(34)32-12-10-23(11-13-32)14-21(33)31-15-20(23)16-2-8-19(27)9-3-16/h2-9,20H,10-15H2,1H3,(H,31,33)/t20-,24?/m0/s1. The first-order chi connectivity index (χ1) is 16.5. The quantitative estimate of drug-likeness (QED) is 0.599. The Bertz CT molecular complexity index is 1080. The van der Waals surface area contributed by atoms with Crippen LogP contribution < -0.4 is 5.32 Å². The van der Waals surface area contributed by atoms with Crippen LogP contribution in [-0.2, 0) is 19.9 Å². The first-order valence-electron chi connectivity index (χ1n) is 11.2. The lowest BCUT2D eigenvalue weighted by Crippen LogP contribution is -2.60. The van der Waals surface area contributed by atoms with E-state index in [2.05, 4.69) is 5.32 Å². The average molecular weight is 513 g/mol. The van der Waals surface area contributed by atoms with Crippen LogP contribution in [0.1, 0.15) is 36.3 Å². The molecule has 1 spiro atoms. The maximum Gasteiger partial charge on any atom is 0.430 e. The number of amides is 2. The third kappa shape index (κ3) is 4.51. The highest BCUT2D eigenvalue weighted by Gasteiger charge is 2.64. The van der Waals surface area contributed by atoms with Gasteiger partial charge in [0.05, 0.1) is 0 Å². The molecule has 2 aliphatic heterocycles. The highest BCUT2D eigenvalue weighted by molar-refractivity contribution is 6.30. The van der Waals surface area contributed by atoms with Gasteiger partial charge < -0.3 is 15.0 Å². The zero-order valence-electron chi connectivity index (χ0n) is 19.0. The van der Waals surface area contributed by atoms with Gasteiger partial charge in [-0.05, 0) is 48.1 Å². The number of halogens is 5. The molecule has 0 aliphatic carbocycles. The van der Waals surface area contributed by atoms with Crippen LogP contribution in [0.2, 0.25) is 5.02 Å². The Kier molecular flexibility index (Phi) is 6.85. The van der Waals surface area contributed by atoms with Crippen molar-refractivity contribution in [3.63, 3.8) is 0 Å². The number of nitrogens with one attached hydrogen (secondary N) is 1. The number of benzene rings is 2. The number of likely N-dealkylation sites (tertiary alicyclic amines) is 1. The topological polar surface area (TPSA) is 58.6 Å². The molecule has 4 rings (SSSR count). The molecule has 2 atom stereocenters. The SMILES string of the molecule is COC(C(=O)N1CCC2(CC1)CC(=O)NC[C@H]2c1ccc(F)cc1)(c1ccc(Cl)cc1)C(F)(F)F. The molecule has 1 N–H and O–H groups in total. The molecule has 35 heavy (non-hydrogen) atoms. The number of hydrogen-bond acceptors (Lipinski definition) is 3. The molecule has 0 radical (unpaired) electrons. The molecule has 0 bridgehead atoms. The van der Waals surface area contributed by atoms with Crippen molar-refractivity contribution >= 4 is 23.4 Å². The van der Waals surface area contributed by atoms with Crippen molar-refractivity contribution in [2.24, 2.45) is 5.41 Å². The van der Waals surface area contributed by atoms with Crippen LogP contribution in [0, 0.1) is 11.2 Å².